The summed E-state index contributed by atoms with van der Waals surface area (Å²) in [4.78, 5) is 0. The highest BCUT2D eigenvalue weighted by Gasteiger charge is 2.07. The molecule has 0 bridgehead atoms. The molecular formula is C6H14O2. The largest absolute Gasteiger partial charge is 0.400 e. The smallest absolute Gasteiger partial charge is 0.0547 e. The number of rotatable bonds is 0. The van der Waals surface area contributed by atoms with Crippen molar-refractivity contribution in [2.75, 3.05) is 13.7 Å². The maximum atomic E-state index is 7.00. The molecule has 1 fully saturated rings. The van der Waals surface area contributed by atoms with E-state index in [1.54, 1.807) is 0 Å². The van der Waals surface area contributed by atoms with Gasteiger partial charge in [0, 0.05) is 13.7 Å². The molecule has 0 aromatic carbocycles. The minimum atomic E-state index is 0.546. The Morgan fingerprint density at radius 1 is 1.50 bits per heavy atom. The second-order valence-corrected chi connectivity index (χ2v) is 1.82. The quantitative estimate of drug-likeness (QED) is 0.509. The lowest BCUT2D eigenvalue weighted by Gasteiger charge is -1.94. The standard InChI is InChI=1S/C5H10O.CH4O/c1-5-3-2-4-6-5;1-2/h5H,2-4H2,1H3;2H,1H3. The summed E-state index contributed by atoms with van der Waals surface area (Å²) < 4.78 is 5.15. The third kappa shape index (κ3) is 2.99. The van der Waals surface area contributed by atoms with E-state index in [0.29, 0.717) is 6.10 Å². The maximum Gasteiger partial charge on any atom is 0.0547 e. The van der Waals surface area contributed by atoms with Crippen LogP contribution in [0.4, 0.5) is 0 Å². The monoisotopic (exact) mass is 118 g/mol. The van der Waals surface area contributed by atoms with E-state index in [-0.39, 0.29) is 0 Å². The van der Waals surface area contributed by atoms with Crippen molar-refractivity contribution in [1.29, 1.82) is 0 Å². The fourth-order valence-electron chi connectivity index (χ4n) is 0.739. The van der Waals surface area contributed by atoms with Gasteiger partial charge in [-0.15, -0.1) is 0 Å². The summed E-state index contributed by atoms with van der Waals surface area (Å²) in [5.41, 5.74) is 0. The summed E-state index contributed by atoms with van der Waals surface area (Å²) in [5.74, 6) is 0. The molecule has 1 aliphatic heterocycles. The minimum absolute atomic E-state index is 0.546. The lowest BCUT2D eigenvalue weighted by atomic mass is 10.3. The first kappa shape index (κ1) is 7.92. The molecule has 2 nitrogen and oxygen atoms in total. The number of hydrogen-bond donors (Lipinski definition) is 1. The molecule has 1 aliphatic rings. The molecule has 50 valence electrons. The van der Waals surface area contributed by atoms with Gasteiger partial charge in [0.2, 0.25) is 0 Å². The Bertz CT molecular complexity index is 39.8. The normalized spacial score (nSPS) is 26.6. The van der Waals surface area contributed by atoms with Crippen LogP contribution < -0.4 is 0 Å². The highest BCUT2D eigenvalue weighted by molar-refractivity contribution is 4.56. The molecule has 2 heteroatoms. The van der Waals surface area contributed by atoms with Gasteiger partial charge in [-0.1, -0.05) is 0 Å². The van der Waals surface area contributed by atoms with Crippen LogP contribution in [0.3, 0.4) is 0 Å². The first-order chi connectivity index (χ1) is 3.89. The minimum Gasteiger partial charge on any atom is -0.400 e. The van der Waals surface area contributed by atoms with Crippen LogP contribution >= 0.6 is 0 Å². The Morgan fingerprint density at radius 3 is 2.25 bits per heavy atom. The van der Waals surface area contributed by atoms with Crippen LogP contribution in [0.5, 0.6) is 0 Å². The number of aliphatic hydroxyl groups is 1. The molecule has 1 saturated heterocycles. The van der Waals surface area contributed by atoms with Gasteiger partial charge in [-0.3, -0.25) is 0 Å². The Labute approximate surface area is 50.5 Å². The lowest BCUT2D eigenvalue weighted by molar-refractivity contribution is 0.125. The van der Waals surface area contributed by atoms with E-state index in [9.17, 15) is 0 Å². The van der Waals surface area contributed by atoms with Gasteiger partial charge in [0.05, 0.1) is 6.10 Å². The number of hydrogen-bond acceptors (Lipinski definition) is 2. The average Bonchev–Trinajstić information content (AvgIpc) is 2.24. The predicted molar refractivity (Wildman–Crippen MR) is 32.8 cm³/mol. The Kier molecular flexibility index (Phi) is 5.01. The third-order valence-electron chi connectivity index (χ3n) is 1.16. The topological polar surface area (TPSA) is 29.5 Å². The summed E-state index contributed by atoms with van der Waals surface area (Å²) in [7, 11) is 1.00. The van der Waals surface area contributed by atoms with Crippen molar-refractivity contribution >= 4 is 0 Å². The number of aliphatic hydroxyl groups excluding tert-OH is 1. The average molecular weight is 118 g/mol. The molecule has 0 saturated carbocycles. The van der Waals surface area contributed by atoms with E-state index in [1.807, 2.05) is 0 Å². The molecule has 0 radical (unpaired) electrons. The Morgan fingerprint density at radius 2 is 2.12 bits per heavy atom. The highest BCUT2D eigenvalue weighted by atomic mass is 16.5. The lowest BCUT2D eigenvalue weighted by Crippen LogP contribution is -1.94. The van der Waals surface area contributed by atoms with Gasteiger partial charge in [0.1, 0.15) is 0 Å². The van der Waals surface area contributed by atoms with Gasteiger partial charge in [-0.25, -0.2) is 0 Å². The van der Waals surface area contributed by atoms with E-state index >= 15 is 0 Å². The van der Waals surface area contributed by atoms with Crippen molar-refractivity contribution in [1.82, 2.24) is 0 Å². The van der Waals surface area contributed by atoms with Crippen LogP contribution in [0, 0.1) is 0 Å². The third-order valence-corrected chi connectivity index (χ3v) is 1.16. The molecule has 0 aromatic heterocycles. The van der Waals surface area contributed by atoms with Crippen LogP contribution in [-0.4, -0.2) is 24.9 Å². The van der Waals surface area contributed by atoms with Crippen molar-refractivity contribution in [3.05, 3.63) is 0 Å². The Hall–Kier alpha value is -0.0800. The number of ether oxygens (including phenoxy) is 1. The van der Waals surface area contributed by atoms with Crippen LogP contribution in [0.25, 0.3) is 0 Å². The zero-order chi connectivity index (χ0) is 6.41. The van der Waals surface area contributed by atoms with E-state index < -0.39 is 0 Å². The highest BCUT2D eigenvalue weighted by Crippen LogP contribution is 2.09. The van der Waals surface area contributed by atoms with Crippen molar-refractivity contribution in [2.45, 2.75) is 25.9 Å². The van der Waals surface area contributed by atoms with Crippen LogP contribution in [0.15, 0.2) is 0 Å². The summed E-state index contributed by atoms with van der Waals surface area (Å²) in [6.07, 6.45) is 3.08. The summed E-state index contributed by atoms with van der Waals surface area (Å²) in [6, 6.07) is 0. The zero-order valence-electron chi connectivity index (χ0n) is 5.55. The van der Waals surface area contributed by atoms with Gasteiger partial charge in [0.25, 0.3) is 0 Å². The van der Waals surface area contributed by atoms with E-state index in [4.69, 9.17) is 9.84 Å². The van der Waals surface area contributed by atoms with Crippen LogP contribution in [0.2, 0.25) is 0 Å². The van der Waals surface area contributed by atoms with E-state index in [2.05, 4.69) is 6.92 Å². The molecule has 1 N–H and O–H groups in total. The first-order valence-corrected chi connectivity index (χ1v) is 2.96. The maximum absolute atomic E-state index is 7.00. The first-order valence-electron chi connectivity index (χ1n) is 2.96. The summed E-state index contributed by atoms with van der Waals surface area (Å²) in [6.45, 7) is 3.11. The van der Waals surface area contributed by atoms with Gasteiger partial charge < -0.3 is 9.84 Å². The van der Waals surface area contributed by atoms with Crippen molar-refractivity contribution in [3.8, 4) is 0 Å². The summed E-state index contributed by atoms with van der Waals surface area (Å²) in [5, 5.41) is 7.00. The second kappa shape index (κ2) is 5.06. The SMILES string of the molecule is CC1CCCO1.CO. The van der Waals surface area contributed by atoms with E-state index in [1.165, 1.54) is 12.8 Å². The van der Waals surface area contributed by atoms with Gasteiger partial charge in [-0.05, 0) is 19.8 Å². The van der Waals surface area contributed by atoms with Crippen molar-refractivity contribution < 1.29 is 9.84 Å². The van der Waals surface area contributed by atoms with Gasteiger partial charge in [0.15, 0.2) is 0 Å². The molecule has 1 unspecified atom stereocenters. The van der Waals surface area contributed by atoms with Gasteiger partial charge in [-0.2, -0.15) is 0 Å². The van der Waals surface area contributed by atoms with Gasteiger partial charge >= 0.3 is 0 Å². The predicted octanol–water partition coefficient (Wildman–Crippen LogP) is 0.794. The molecule has 1 atom stereocenters. The van der Waals surface area contributed by atoms with Crippen molar-refractivity contribution in [3.63, 3.8) is 0 Å². The molecule has 0 spiro atoms. The van der Waals surface area contributed by atoms with Crippen LogP contribution in [-0.2, 0) is 4.74 Å². The molecular weight excluding hydrogens is 104 g/mol. The fourth-order valence-corrected chi connectivity index (χ4v) is 0.739. The molecule has 1 rings (SSSR count). The molecule has 0 aliphatic carbocycles. The fraction of sp³-hybridized carbons (Fsp3) is 1.00. The second-order valence-electron chi connectivity index (χ2n) is 1.82. The summed E-state index contributed by atoms with van der Waals surface area (Å²) >= 11 is 0. The Balaban J connectivity index is 0.000000222. The molecule has 0 amide bonds. The van der Waals surface area contributed by atoms with E-state index in [0.717, 1.165) is 13.7 Å². The van der Waals surface area contributed by atoms with Crippen LogP contribution in [0.1, 0.15) is 19.8 Å². The van der Waals surface area contributed by atoms with Crippen molar-refractivity contribution in [2.24, 2.45) is 0 Å². The zero-order valence-corrected chi connectivity index (χ0v) is 5.55. The molecule has 0 aromatic rings. The molecule has 1 heterocycles. The molecule has 8 heavy (non-hydrogen) atoms.